The van der Waals surface area contributed by atoms with Crippen molar-refractivity contribution in [2.45, 2.75) is 116 Å². The molecule has 2 atom stereocenters. The minimum Gasteiger partial charge on any atom is -0.481 e. The van der Waals surface area contributed by atoms with Crippen molar-refractivity contribution in [3.8, 4) is 0 Å². The Bertz CT molecular complexity index is 591. The summed E-state index contributed by atoms with van der Waals surface area (Å²) in [6.07, 6.45) is 0.341. The number of aliphatic carboxylic acids is 1. The van der Waals surface area contributed by atoms with E-state index in [0.717, 1.165) is 0 Å². The monoisotopic (exact) mass is 431 g/mol. The van der Waals surface area contributed by atoms with Crippen molar-refractivity contribution in [1.29, 1.82) is 0 Å². The molecule has 1 heterocycles. The molecule has 1 fully saturated rings. The number of carbonyl (C=O) groups is 2. The lowest BCUT2D eigenvalue weighted by Gasteiger charge is -2.43. The molecule has 1 aliphatic rings. The Kier molecular flexibility index (Phi) is 7.98. The zero-order valence-electron chi connectivity index (χ0n) is 19.9. The Labute approximate surface area is 177 Å². The highest BCUT2D eigenvalue weighted by atomic mass is 28.4. The molecule has 0 saturated carbocycles. The summed E-state index contributed by atoms with van der Waals surface area (Å²) in [5, 5.41) is 9.05. The molecule has 1 aliphatic heterocycles. The number of amides is 1. The first-order valence-corrected chi connectivity index (χ1v) is 13.3. The summed E-state index contributed by atoms with van der Waals surface area (Å²) >= 11 is 0. The number of carboxylic acid groups (broad SMARTS) is 1. The molecule has 1 saturated heterocycles. The number of hydrogen-bond donors (Lipinski definition) is 1. The van der Waals surface area contributed by atoms with E-state index in [1.54, 1.807) is 4.90 Å². The Morgan fingerprint density at radius 1 is 1.21 bits per heavy atom. The first-order chi connectivity index (χ1) is 12.9. The quantitative estimate of drug-likeness (QED) is 0.571. The second-order valence-electron chi connectivity index (χ2n) is 10.9. The molecule has 1 rings (SSSR count). The van der Waals surface area contributed by atoms with E-state index in [4.69, 9.17) is 19.0 Å². The van der Waals surface area contributed by atoms with Gasteiger partial charge >= 0.3 is 12.1 Å². The molecule has 170 valence electrons. The molecule has 0 aromatic carbocycles. The lowest BCUT2D eigenvalue weighted by molar-refractivity contribution is -0.137. The normalized spacial score (nSPS) is 21.2. The maximum absolute atomic E-state index is 13.0. The van der Waals surface area contributed by atoms with E-state index in [1.165, 1.54) is 0 Å². The van der Waals surface area contributed by atoms with Gasteiger partial charge in [0.15, 0.2) is 8.32 Å². The largest absolute Gasteiger partial charge is 0.481 e. The predicted octanol–water partition coefficient (Wildman–Crippen LogP) is 5.00. The van der Waals surface area contributed by atoms with Crippen LogP contribution in [0.4, 0.5) is 4.79 Å². The number of rotatable bonds is 7. The number of nitrogens with zero attached hydrogens (tertiary/aromatic N) is 1. The fourth-order valence-electron chi connectivity index (χ4n) is 3.11. The van der Waals surface area contributed by atoms with Gasteiger partial charge in [-0.05, 0) is 65.6 Å². The minimum absolute atomic E-state index is 0.0101. The van der Waals surface area contributed by atoms with Crippen molar-refractivity contribution < 1.29 is 28.6 Å². The van der Waals surface area contributed by atoms with Gasteiger partial charge in [-0.1, -0.05) is 20.8 Å². The highest BCUT2D eigenvalue weighted by molar-refractivity contribution is 6.74. The van der Waals surface area contributed by atoms with E-state index in [2.05, 4.69) is 33.9 Å². The van der Waals surface area contributed by atoms with E-state index in [-0.39, 0.29) is 23.6 Å². The third kappa shape index (κ3) is 7.26. The van der Waals surface area contributed by atoms with Crippen LogP contribution in [0.2, 0.25) is 18.1 Å². The Morgan fingerprint density at radius 2 is 1.76 bits per heavy atom. The molecule has 29 heavy (non-hydrogen) atoms. The lowest BCUT2D eigenvalue weighted by Crippen LogP contribution is -2.56. The summed E-state index contributed by atoms with van der Waals surface area (Å²) in [6.45, 7) is 20.3. The third-order valence-corrected chi connectivity index (χ3v) is 10.2. The average molecular weight is 432 g/mol. The van der Waals surface area contributed by atoms with E-state index >= 15 is 0 Å². The smallest absolute Gasteiger partial charge is 0.412 e. The Morgan fingerprint density at radius 3 is 2.21 bits per heavy atom. The molecule has 0 radical (unpaired) electrons. The van der Waals surface area contributed by atoms with E-state index in [0.29, 0.717) is 19.4 Å². The highest BCUT2D eigenvalue weighted by Gasteiger charge is 2.51. The maximum atomic E-state index is 13.0. The fraction of sp³-hybridized carbons (Fsp3) is 0.905. The average Bonchev–Trinajstić information content (AvgIpc) is 2.78. The first kappa shape index (κ1) is 25.9. The summed E-state index contributed by atoms with van der Waals surface area (Å²) in [5.74, 6) is -0.830. The van der Waals surface area contributed by atoms with Gasteiger partial charge in [0.1, 0.15) is 11.3 Å². The van der Waals surface area contributed by atoms with E-state index < -0.39 is 31.7 Å². The highest BCUT2D eigenvalue weighted by Crippen LogP contribution is 2.40. The van der Waals surface area contributed by atoms with Gasteiger partial charge in [-0.15, -0.1) is 0 Å². The second-order valence-corrected chi connectivity index (χ2v) is 15.6. The molecule has 1 N–H and O–H groups in total. The molecule has 0 aliphatic carbocycles. The number of carbonyl (C=O) groups excluding carboxylic acids is 1. The summed E-state index contributed by atoms with van der Waals surface area (Å²) in [4.78, 5) is 25.7. The van der Waals surface area contributed by atoms with Gasteiger partial charge in [0.2, 0.25) is 0 Å². The minimum atomic E-state index is -2.15. The van der Waals surface area contributed by atoms with Gasteiger partial charge in [-0.3, -0.25) is 9.69 Å². The van der Waals surface area contributed by atoms with Gasteiger partial charge < -0.3 is 19.0 Å². The molecule has 0 bridgehead atoms. The molecular formula is C21H41NO6Si. The second kappa shape index (κ2) is 8.94. The molecule has 0 unspecified atom stereocenters. The van der Waals surface area contributed by atoms with Crippen LogP contribution in [0.1, 0.15) is 74.7 Å². The number of carboxylic acids is 1. The van der Waals surface area contributed by atoms with Crippen LogP contribution < -0.4 is 0 Å². The van der Waals surface area contributed by atoms with Gasteiger partial charge in [0.05, 0.1) is 18.8 Å². The topological polar surface area (TPSA) is 85.3 Å². The van der Waals surface area contributed by atoms with Crippen molar-refractivity contribution >= 4 is 20.4 Å². The molecular weight excluding hydrogens is 390 g/mol. The zero-order valence-corrected chi connectivity index (χ0v) is 20.9. The van der Waals surface area contributed by atoms with Crippen LogP contribution in [0.5, 0.6) is 0 Å². The first-order valence-electron chi connectivity index (χ1n) is 10.4. The Balaban J connectivity index is 3.18. The van der Waals surface area contributed by atoms with Crippen molar-refractivity contribution in [1.82, 2.24) is 4.90 Å². The van der Waals surface area contributed by atoms with Crippen molar-refractivity contribution in [2.75, 3.05) is 6.61 Å². The summed E-state index contributed by atoms with van der Waals surface area (Å²) in [7, 11) is -2.15. The van der Waals surface area contributed by atoms with Gasteiger partial charge in [0, 0.05) is 6.42 Å². The van der Waals surface area contributed by atoms with Gasteiger partial charge in [-0.25, -0.2) is 4.79 Å². The summed E-state index contributed by atoms with van der Waals surface area (Å²) < 4.78 is 18.3. The van der Waals surface area contributed by atoms with Crippen molar-refractivity contribution in [3.05, 3.63) is 0 Å². The lowest BCUT2D eigenvalue weighted by atomic mass is 10.0. The standard InChI is InChI=1S/C21H41NO6Si/c1-19(2,3)27-18(25)22-15(14-26-21(22,7)8)16(12-11-13-17(23)24)28-29(9,10)20(4,5)6/h15-16H,11-14H2,1-10H3,(H,23,24)/t15-,16+/m0/s1. The molecule has 8 heteroatoms. The number of hydrogen-bond acceptors (Lipinski definition) is 5. The van der Waals surface area contributed by atoms with Crippen LogP contribution in [0.25, 0.3) is 0 Å². The van der Waals surface area contributed by atoms with E-state index in [9.17, 15) is 9.59 Å². The SMILES string of the molecule is CC(C)(C)OC(=O)N1[C@H]([C@@H](CCCC(=O)O)O[Si](C)(C)C(C)(C)C)COC1(C)C. The van der Waals surface area contributed by atoms with Crippen LogP contribution in [0.3, 0.4) is 0 Å². The molecule has 0 aromatic heterocycles. The van der Waals surface area contributed by atoms with Gasteiger partial charge in [0.25, 0.3) is 0 Å². The van der Waals surface area contributed by atoms with Crippen molar-refractivity contribution in [3.63, 3.8) is 0 Å². The van der Waals surface area contributed by atoms with Crippen LogP contribution in [0.15, 0.2) is 0 Å². The van der Waals surface area contributed by atoms with Crippen LogP contribution in [0, 0.1) is 0 Å². The predicted molar refractivity (Wildman–Crippen MR) is 115 cm³/mol. The van der Waals surface area contributed by atoms with Gasteiger partial charge in [-0.2, -0.15) is 0 Å². The summed E-state index contributed by atoms with van der Waals surface area (Å²) in [5.41, 5.74) is -1.45. The maximum Gasteiger partial charge on any atom is 0.412 e. The molecule has 7 nitrogen and oxygen atoms in total. The van der Waals surface area contributed by atoms with Crippen LogP contribution in [-0.2, 0) is 18.7 Å². The third-order valence-electron chi connectivity index (χ3n) is 5.67. The summed E-state index contributed by atoms with van der Waals surface area (Å²) in [6, 6.07) is -0.331. The molecule has 0 aromatic rings. The zero-order chi connectivity index (χ0) is 22.8. The van der Waals surface area contributed by atoms with Crippen LogP contribution >= 0.6 is 0 Å². The van der Waals surface area contributed by atoms with Crippen LogP contribution in [-0.4, -0.2) is 60.5 Å². The molecule has 0 spiro atoms. The Hall–Kier alpha value is -1.12. The number of ether oxygens (including phenoxy) is 2. The van der Waals surface area contributed by atoms with E-state index in [1.807, 2.05) is 34.6 Å². The molecule has 1 amide bonds. The van der Waals surface area contributed by atoms with Crippen molar-refractivity contribution in [2.24, 2.45) is 0 Å². The fourth-order valence-corrected chi connectivity index (χ4v) is 4.50.